The number of ether oxygens (including phenoxy) is 17. The second-order valence-electron chi connectivity index (χ2n) is 17.5. The zero-order valence-corrected chi connectivity index (χ0v) is 44.0. The number of hydrogen-bond donors (Lipinski definition) is 0. The first-order valence-electron chi connectivity index (χ1n) is 23.6. The Labute approximate surface area is 442 Å². The Bertz CT molecular complexity index is 2280. The average molecular weight is 1120 g/mol. The summed E-state index contributed by atoms with van der Waals surface area (Å²) in [4.78, 5) is 146. The summed E-state index contributed by atoms with van der Waals surface area (Å²) in [6.45, 7) is 10.4. The van der Waals surface area contributed by atoms with Crippen LogP contribution in [0.25, 0.3) is 10.4 Å². The van der Waals surface area contributed by atoms with Crippen LogP contribution in [0.3, 0.4) is 0 Å². The third-order valence-corrected chi connectivity index (χ3v) is 11.2. The van der Waals surface area contributed by atoms with Gasteiger partial charge >= 0.3 is 59.7 Å². The number of nitrogens with zero attached hydrogens (tertiary/aromatic N) is 4. The molecular formula is C44H60N4O30. The summed E-state index contributed by atoms with van der Waals surface area (Å²) in [6.07, 6.45) is -35.8. The summed E-state index contributed by atoms with van der Waals surface area (Å²) >= 11 is 0. The highest BCUT2D eigenvalue weighted by molar-refractivity contribution is 5.70. The van der Waals surface area contributed by atoms with E-state index in [4.69, 9.17) is 85.4 Å². The summed E-state index contributed by atoms with van der Waals surface area (Å²) in [5.41, 5.74) is 9.97. The Kier molecular flexibility index (Phi) is 23.2. The minimum Gasteiger partial charge on any atom is -0.463 e. The zero-order chi connectivity index (χ0) is 58.5. The second-order valence-corrected chi connectivity index (χ2v) is 17.5. The fraction of sp³-hybridized carbons (Fsp3) is 0.773. The molecular weight excluding hydrogens is 1060 g/mol. The van der Waals surface area contributed by atoms with Gasteiger partial charge in [-0.2, -0.15) is 0 Å². The summed E-state index contributed by atoms with van der Waals surface area (Å²) in [5, 5.41) is 14.3. The minimum atomic E-state index is -2.32. The molecule has 436 valence electrons. The lowest BCUT2D eigenvalue weighted by Gasteiger charge is -2.51. The molecule has 4 saturated heterocycles. The third-order valence-electron chi connectivity index (χ3n) is 11.2. The number of azide groups is 1. The van der Waals surface area contributed by atoms with Gasteiger partial charge in [0.1, 0.15) is 43.7 Å². The zero-order valence-electron chi connectivity index (χ0n) is 44.0. The van der Waals surface area contributed by atoms with E-state index < -0.39 is 201 Å². The molecule has 8 unspecified atom stereocenters. The largest absolute Gasteiger partial charge is 0.463 e. The van der Waals surface area contributed by atoms with E-state index in [-0.39, 0.29) is 0 Å². The van der Waals surface area contributed by atoms with Crippen LogP contribution >= 0.6 is 0 Å². The lowest BCUT2D eigenvalue weighted by Crippen LogP contribution is -2.69. The third kappa shape index (κ3) is 17.7. The molecule has 0 N–H and O–H groups in total. The Morgan fingerprint density at radius 2 is 0.731 bits per heavy atom. The first-order valence-corrected chi connectivity index (χ1v) is 23.6. The lowest BCUT2D eigenvalue weighted by atomic mass is 9.94. The number of carbonyl (C=O) groups is 10. The first kappa shape index (κ1) is 63.5. The molecule has 0 aromatic rings. The van der Waals surface area contributed by atoms with Crippen LogP contribution in [0, 0.1) is 10.1 Å². The molecule has 4 fully saturated rings. The van der Waals surface area contributed by atoms with E-state index in [0.29, 0.717) is 0 Å². The SMILES string of the molecule is CC(=O)OCC1O[C@@H](O[N+](=O)[O-])C(N=[N+]=[N-])[C@@H](O[C@@H]2OC(C)[C@@H](OC(C)=O)C(OC(C)=O)[C@H]2OC(C)=O)[C@@H]1O[C@@H]1OC(COC(C)=O)[C@H](OC(C)=O)[C@H](OC(C)=O)C1O[C@@H]1OC(C)[C@@H](OC(C)=O)[C@H](OC(C)=O)C1OC(C)=O. The van der Waals surface area contributed by atoms with Crippen molar-refractivity contribution in [3.05, 3.63) is 20.6 Å². The highest BCUT2D eigenvalue weighted by Gasteiger charge is 2.61. The molecule has 0 bridgehead atoms. The van der Waals surface area contributed by atoms with Crippen LogP contribution < -0.4 is 0 Å². The van der Waals surface area contributed by atoms with Gasteiger partial charge in [-0.25, -0.2) is 0 Å². The fourth-order valence-corrected chi connectivity index (χ4v) is 8.65. The van der Waals surface area contributed by atoms with E-state index in [0.717, 1.165) is 69.2 Å². The Hall–Kier alpha value is -7.07. The van der Waals surface area contributed by atoms with E-state index in [2.05, 4.69) is 10.0 Å². The maximum Gasteiger partial charge on any atom is 0.303 e. The summed E-state index contributed by atoms with van der Waals surface area (Å²) in [5.74, 6) is -10.0. The number of rotatable bonds is 21. The van der Waals surface area contributed by atoms with Gasteiger partial charge in [0.05, 0.1) is 12.2 Å². The molecule has 4 aliphatic rings. The van der Waals surface area contributed by atoms with Gasteiger partial charge < -0.3 is 80.5 Å². The summed E-state index contributed by atoms with van der Waals surface area (Å²) < 4.78 is 98.7. The fourth-order valence-electron chi connectivity index (χ4n) is 8.65. The molecule has 20 atom stereocenters. The molecule has 78 heavy (non-hydrogen) atoms. The van der Waals surface area contributed by atoms with Crippen molar-refractivity contribution >= 4 is 59.7 Å². The van der Waals surface area contributed by atoms with Crippen molar-refractivity contribution in [2.24, 2.45) is 5.11 Å². The van der Waals surface area contributed by atoms with Crippen molar-refractivity contribution in [2.75, 3.05) is 13.2 Å². The molecule has 0 aromatic carbocycles. The van der Waals surface area contributed by atoms with Gasteiger partial charge in [0, 0.05) is 74.1 Å². The maximum atomic E-state index is 13.1. The summed E-state index contributed by atoms with van der Waals surface area (Å²) in [6, 6.07) is -2.16. The minimum absolute atomic E-state index is 0.833. The smallest absolute Gasteiger partial charge is 0.303 e. The van der Waals surface area contributed by atoms with Gasteiger partial charge in [0.25, 0.3) is 5.09 Å². The molecule has 4 aliphatic heterocycles. The Balaban J connectivity index is 2.07. The van der Waals surface area contributed by atoms with Gasteiger partial charge in [-0.1, -0.05) is 5.11 Å². The average Bonchev–Trinajstić information content (AvgIpc) is 3.29. The molecule has 0 spiro atoms. The number of carbonyl (C=O) groups excluding carboxylic acids is 10. The molecule has 4 rings (SSSR count). The predicted molar refractivity (Wildman–Crippen MR) is 239 cm³/mol. The normalized spacial score (nSPS) is 34.3. The first-order chi connectivity index (χ1) is 36.5. The highest BCUT2D eigenvalue weighted by Crippen LogP contribution is 2.40. The molecule has 0 aliphatic carbocycles. The van der Waals surface area contributed by atoms with Crippen molar-refractivity contribution in [2.45, 2.75) is 206 Å². The van der Waals surface area contributed by atoms with Gasteiger partial charge in [-0.15, -0.1) is 10.1 Å². The van der Waals surface area contributed by atoms with Crippen molar-refractivity contribution in [3.63, 3.8) is 0 Å². The van der Waals surface area contributed by atoms with Crippen LogP contribution in [0.2, 0.25) is 0 Å². The molecule has 4 heterocycles. The van der Waals surface area contributed by atoms with Crippen LogP contribution in [0.15, 0.2) is 5.11 Å². The van der Waals surface area contributed by atoms with Gasteiger partial charge in [-0.3, -0.25) is 52.8 Å². The van der Waals surface area contributed by atoms with Crippen LogP contribution in [0.4, 0.5) is 0 Å². The van der Waals surface area contributed by atoms with E-state index in [1.807, 2.05) is 0 Å². The molecule has 0 radical (unpaired) electrons. The van der Waals surface area contributed by atoms with Crippen molar-refractivity contribution in [3.8, 4) is 0 Å². The van der Waals surface area contributed by atoms with Gasteiger partial charge in [-0.05, 0) is 19.4 Å². The van der Waals surface area contributed by atoms with E-state index >= 15 is 0 Å². The van der Waals surface area contributed by atoms with Crippen LogP contribution in [0.1, 0.15) is 83.1 Å². The molecule has 0 saturated carbocycles. The lowest BCUT2D eigenvalue weighted by molar-refractivity contribution is -0.783. The maximum absolute atomic E-state index is 13.1. The van der Waals surface area contributed by atoms with Gasteiger partial charge in [0.15, 0.2) is 73.8 Å². The van der Waals surface area contributed by atoms with Crippen molar-refractivity contribution < 1.29 is 138 Å². The Morgan fingerprint density at radius 1 is 0.423 bits per heavy atom. The van der Waals surface area contributed by atoms with Crippen LogP contribution in [0.5, 0.6) is 0 Å². The Morgan fingerprint density at radius 3 is 1.10 bits per heavy atom. The van der Waals surface area contributed by atoms with Gasteiger partial charge in [0.2, 0.25) is 6.29 Å². The second kappa shape index (κ2) is 28.5. The summed E-state index contributed by atoms with van der Waals surface area (Å²) in [7, 11) is 0. The number of hydrogen-bond acceptors (Lipinski definition) is 31. The van der Waals surface area contributed by atoms with E-state index in [9.17, 15) is 63.6 Å². The molecule has 0 aromatic heterocycles. The predicted octanol–water partition coefficient (Wildman–Crippen LogP) is -0.452. The van der Waals surface area contributed by atoms with E-state index in [1.165, 1.54) is 13.8 Å². The standard InChI is InChI=1S/C44H60N4O30/c1-15-30(65-19(5)51)35(68-22(8)54)38(71-25(11)57)42(63-15)76-34-29(46-47-45)41(78-48(59)60)73-27(13-61-17(3)49)32(34)75-44-40(37(70-24(10)56)33(67-21(7)53)28(74-44)14-62-18(4)50)77-43-39(72-26(12)58)36(69-23(9)55)31(16(2)64-43)66-20(6)52/h15-16,27-44H,13-14H2,1-12H3/t15?,16?,27?,28?,29?,30-,31-,32-,33+,34-,35?,36+,37+,38-,39?,40?,41+,42+,43+,44+/m1/s1. The topological polar surface area (TPSA) is 429 Å². The molecule has 34 nitrogen and oxygen atoms in total. The monoisotopic (exact) mass is 1120 g/mol. The molecule has 34 heteroatoms. The highest BCUT2D eigenvalue weighted by atomic mass is 17.0. The number of esters is 10. The van der Waals surface area contributed by atoms with E-state index in [1.54, 1.807) is 0 Å². The van der Waals surface area contributed by atoms with Crippen molar-refractivity contribution in [1.29, 1.82) is 0 Å². The quantitative estimate of drug-likeness (QED) is 0.0267. The van der Waals surface area contributed by atoms with Crippen LogP contribution in [-0.4, -0.2) is 201 Å². The molecule has 0 amide bonds. The van der Waals surface area contributed by atoms with Crippen LogP contribution in [-0.2, 0) is 133 Å². The van der Waals surface area contributed by atoms with Crippen molar-refractivity contribution in [1.82, 2.24) is 0 Å².